The van der Waals surface area contributed by atoms with Crippen molar-refractivity contribution in [3.05, 3.63) is 77.0 Å². The molecule has 2 aromatic carbocycles. The van der Waals surface area contributed by atoms with Gasteiger partial charge in [-0.25, -0.2) is 0 Å². The van der Waals surface area contributed by atoms with Crippen LogP contribution in [0.15, 0.2) is 54.6 Å². The number of carbonyl (C=O) groups excluding carboxylic acids is 1. The number of likely N-dealkylation sites (tertiary alicyclic amines) is 1. The summed E-state index contributed by atoms with van der Waals surface area (Å²) in [6, 6.07) is 18.6. The van der Waals surface area contributed by atoms with Gasteiger partial charge in [0.15, 0.2) is 0 Å². The Hall–Kier alpha value is -3.69. The summed E-state index contributed by atoms with van der Waals surface area (Å²) in [5, 5.41) is 12.6. The summed E-state index contributed by atoms with van der Waals surface area (Å²) in [4.78, 5) is 19.9. The summed E-state index contributed by atoms with van der Waals surface area (Å²) in [6.45, 7) is 5.32. The van der Waals surface area contributed by atoms with Gasteiger partial charge in [-0.3, -0.25) is 9.78 Å². The molecule has 1 aliphatic rings. The highest BCUT2D eigenvalue weighted by Crippen LogP contribution is 2.25. The second-order valence-electron chi connectivity index (χ2n) is 8.51. The first kappa shape index (κ1) is 22.5. The number of carbonyl (C=O) groups is 1. The van der Waals surface area contributed by atoms with Crippen LogP contribution in [-0.4, -0.2) is 35.4 Å². The lowest BCUT2D eigenvalue weighted by Crippen LogP contribution is -2.31. The van der Waals surface area contributed by atoms with Gasteiger partial charge >= 0.3 is 0 Å². The van der Waals surface area contributed by atoms with E-state index in [1.807, 2.05) is 37.3 Å². The Kier molecular flexibility index (Phi) is 7.01. The van der Waals surface area contributed by atoms with E-state index in [9.17, 15) is 10.1 Å². The Balaban J connectivity index is 1.50. The number of amides is 1. The van der Waals surface area contributed by atoms with Crippen molar-refractivity contribution in [1.82, 2.24) is 9.88 Å². The molecule has 0 bridgehead atoms. The highest BCUT2D eigenvalue weighted by molar-refractivity contribution is 6.05. The monoisotopic (exact) mass is 439 g/mol. The molecule has 0 saturated carbocycles. The van der Waals surface area contributed by atoms with Crippen LogP contribution in [0.5, 0.6) is 0 Å². The Morgan fingerprint density at radius 3 is 2.55 bits per heavy atom. The fourth-order valence-corrected chi connectivity index (χ4v) is 4.25. The summed E-state index contributed by atoms with van der Waals surface area (Å²) < 4.78 is 0. The van der Waals surface area contributed by atoms with Crippen molar-refractivity contribution >= 4 is 17.3 Å². The van der Waals surface area contributed by atoms with Crippen molar-refractivity contribution in [2.24, 2.45) is 0 Å². The third-order valence-electron chi connectivity index (χ3n) is 6.21. The van der Waals surface area contributed by atoms with Crippen LogP contribution in [0.1, 0.15) is 46.4 Å². The van der Waals surface area contributed by atoms with Crippen molar-refractivity contribution in [2.45, 2.75) is 32.6 Å². The molecule has 1 fully saturated rings. The Bertz CT molecular complexity index is 1170. The molecule has 0 atom stereocenters. The van der Waals surface area contributed by atoms with E-state index >= 15 is 0 Å². The van der Waals surface area contributed by atoms with Crippen molar-refractivity contribution in [3.63, 3.8) is 0 Å². The van der Waals surface area contributed by atoms with E-state index < -0.39 is 0 Å². The molecule has 3 aromatic rings. The van der Waals surface area contributed by atoms with Gasteiger partial charge in [0, 0.05) is 23.4 Å². The van der Waals surface area contributed by atoms with Crippen molar-refractivity contribution < 1.29 is 4.79 Å². The minimum absolute atomic E-state index is 0.239. The third-order valence-corrected chi connectivity index (χ3v) is 6.21. The maximum absolute atomic E-state index is 12.6. The number of hydrogen-bond donors (Lipinski definition) is 2. The highest BCUT2D eigenvalue weighted by Gasteiger charge is 2.15. The second kappa shape index (κ2) is 10.3. The van der Waals surface area contributed by atoms with E-state index in [4.69, 9.17) is 10.7 Å². The topological polar surface area (TPSA) is 95.0 Å². The zero-order chi connectivity index (χ0) is 23.2. The van der Waals surface area contributed by atoms with Crippen molar-refractivity contribution in [2.75, 3.05) is 30.7 Å². The van der Waals surface area contributed by atoms with Crippen molar-refractivity contribution in [1.29, 1.82) is 5.26 Å². The number of anilines is 2. The number of pyridine rings is 1. The molecule has 4 rings (SSSR count). The first-order chi connectivity index (χ1) is 16.0. The number of piperidine rings is 1. The summed E-state index contributed by atoms with van der Waals surface area (Å²) >= 11 is 0. The average Bonchev–Trinajstić information content (AvgIpc) is 2.85. The van der Waals surface area contributed by atoms with E-state index in [1.165, 1.54) is 19.3 Å². The van der Waals surface area contributed by atoms with Gasteiger partial charge in [0.05, 0.1) is 22.6 Å². The van der Waals surface area contributed by atoms with Gasteiger partial charge in [-0.05, 0) is 75.2 Å². The van der Waals surface area contributed by atoms with Crippen LogP contribution in [-0.2, 0) is 6.42 Å². The summed E-state index contributed by atoms with van der Waals surface area (Å²) in [7, 11) is 0. The van der Waals surface area contributed by atoms with Gasteiger partial charge in [-0.1, -0.05) is 30.7 Å². The molecule has 0 unspecified atom stereocenters. The van der Waals surface area contributed by atoms with Gasteiger partial charge in [-0.2, -0.15) is 5.26 Å². The largest absolute Gasteiger partial charge is 0.397 e. The molecule has 0 radical (unpaired) electrons. The van der Waals surface area contributed by atoms with Crippen LogP contribution in [0.3, 0.4) is 0 Å². The number of aromatic nitrogens is 1. The Morgan fingerprint density at radius 2 is 1.85 bits per heavy atom. The van der Waals surface area contributed by atoms with Crippen LogP contribution in [0, 0.1) is 18.3 Å². The lowest BCUT2D eigenvalue weighted by atomic mass is 10.00. The van der Waals surface area contributed by atoms with Crippen LogP contribution in [0.25, 0.3) is 11.3 Å². The standard InChI is InChI=1S/C27H29N5O/c1-19-22(13-16-32-14-5-2-6-15-32)17-23(18-28)26(30-19)20-9-11-21(12-10-20)27(33)31-25-8-4-3-7-24(25)29/h3-4,7-12,17H,2,5-6,13-16,29H2,1H3,(H,31,33). The average molecular weight is 440 g/mol. The summed E-state index contributed by atoms with van der Waals surface area (Å²) in [5.74, 6) is -0.239. The molecule has 6 heteroatoms. The quantitative estimate of drug-likeness (QED) is 0.539. The molecule has 1 aliphatic heterocycles. The number of rotatable bonds is 6. The Labute approximate surface area is 195 Å². The molecule has 33 heavy (non-hydrogen) atoms. The maximum Gasteiger partial charge on any atom is 0.255 e. The predicted octanol–water partition coefficient (Wildman–Crippen LogP) is 4.79. The predicted molar refractivity (Wildman–Crippen MR) is 132 cm³/mol. The third kappa shape index (κ3) is 5.39. The fraction of sp³-hybridized carbons (Fsp3) is 0.296. The minimum atomic E-state index is -0.239. The number of hydrogen-bond acceptors (Lipinski definition) is 5. The molecule has 1 amide bonds. The molecule has 2 heterocycles. The number of aryl methyl sites for hydroxylation is 1. The minimum Gasteiger partial charge on any atom is -0.397 e. The fourth-order valence-electron chi connectivity index (χ4n) is 4.25. The number of nitriles is 1. The van der Waals surface area contributed by atoms with Gasteiger partial charge in [0.25, 0.3) is 5.91 Å². The zero-order valence-electron chi connectivity index (χ0n) is 19.0. The normalized spacial score (nSPS) is 13.9. The van der Waals surface area contributed by atoms with Gasteiger partial charge < -0.3 is 16.0 Å². The lowest BCUT2D eigenvalue weighted by molar-refractivity contribution is 0.102. The summed E-state index contributed by atoms with van der Waals surface area (Å²) in [5.41, 5.74) is 11.6. The SMILES string of the molecule is Cc1nc(-c2ccc(C(=O)Nc3ccccc3N)cc2)c(C#N)cc1CCN1CCCCC1. The molecule has 1 saturated heterocycles. The molecule has 168 valence electrons. The molecular weight excluding hydrogens is 410 g/mol. The van der Waals surface area contributed by atoms with Crippen LogP contribution < -0.4 is 11.1 Å². The molecule has 6 nitrogen and oxygen atoms in total. The first-order valence-electron chi connectivity index (χ1n) is 11.4. The number of para-hydroxylation sites is 2. The molecule has 0 aliphatic carbocycles. The van der Waals surface area contributed by atoms with E-state index in [0.717, 1.165) is 42.9 Å². The van der Waals surface area contributed by atoms with Crippen LogP contribution in [0.2, 0.25) is 0 Å². The molecular formula is C27H29N5O. The van der Waals surface area contributed by atoms with Crippen molar-refractivity contribution in [3.8, 4) is 17.3 Å². The van der Waals surface area contributed by atoms with Gasteiger partial charge in [0.2, 0.25) is 0 Å². The first-order valence-corrected chi connectivity index (χ1v) is 11.4. The number of nitrogens with one attached hydrogen (secondary N) is 1. The van der Waals surface area contributed by atoms with E-state index in [1.54, 1.807) is 24.3 Å². The molecule has 3 N–H and O–H groups in total. The summed E-state index contributed by atoms with van der Waals surface area (Å²) in [6.07, 6.45) is 4.76. The van der Waals surface area contributed by atoms with E-state index in [0.29, 0.717) is 28.2 Å². The number of nitrogens with two attached hydrogens (primary N) is 1. The van der Waals surface area contributed by atoms with E-state index in [2.05, 4.69) is 16.3 Å². The second-order valence-corrected chi connectivity index (χ2v) is 8.51. The number of nitrogen functional groups attached to an aromatic ring is 1. The Morgan fingerprint density at radius 1 is 1.12 bits per heavy atom. The highest BCUT2D eigenvalue weighted by atomic mass is 16.1. The van der Waals surface area contributed by atoms with Crippen LogP contribution in [0.4, 0.5) is 11.4 Å². The zero-order valence-corrected chi connectivity index (χ0v) is 19.0. The van der Waals surface area contributed by atoms with Crippen LogP contribution >= 0.6 is 0 Å². The molecule has 1 aromatic heterocycles. The maximum atomic E-state index is 12.6. The number of benzene rings is 2. The van der Waals surface area contributed by atoms with E-state index in [-0.39, 0.29) is 5.91 Å². The molecule has 0 spiro atoms. The number of nitrogens with zero attached hydrogens (tertiary/aromatic N) is 3. The lowest BCUT2D eigenvalue weighted by Gasteiger charge is -2.26. The van der Waals surface area contributed by atoms with Gasteiger partial charge in [0.1, 0.15) is 6.07 Å². The smallest absolute Gasteiger partial charge is 0.255 e. The van der Waals surface area contributed by atoms with Gasteiger partial charge in [-0.15, -0.1) is 0 Å².